The number of benzene rings is 2. The molecule has 1 fully saturated rings. The summed E-state index contributed by atoms with van der Waals surface area (Å²) in [7, 11) is 1.90. The van der Waals surface area contributed by atoms with Gasteiger partial charge < -0.3 is 9.88 Å². The molecule has 30 heavy (non-hydrogen) atoms. The summed E-state index contributed by atoms with van der Waals surface area (Å²) in [6, 6.07) is 11.4. The maximum Gasteiger partial charge on any atom is 0.294 e. The Kier molecular flexibility index (Phi) is 5.36. The van der Waals surface area contributed by atoms with Crippen molar-refractivity contribution in [3.05, 3.63) is 70.0 Å². The van der Waals surface area contributed by atoms with E-state index in [1.54, 1.807) is 6.08 Å². The molecule has 1 aromatic heterocycles. The molecule has 4 rings (SSSR count). The molecule has 9 heteroatoms. The molecule has 2 aromatic carbocycles. The van der Waals surface area contributed by atoms with Crippen molar-refractivity contribution in [2.75, 3.05) is 11.9 Å². The maximum absolute atomic E-state index is 13.2. The molecular weight excluding hydrogens is 429 g/mol. The van der Waals surface area contributed by atoms with Gasteiger partial charge >= 0.3 is 0 Å². The van der Waals surface area contributed by atoms with E-state index in [0.717, 1.165) is 39.2 Å². The molecule has 1 aliphatic rings. The molecule has 1 saturated heterocycles. The number of nitrogens with zero attached hydrogens (tertiary/aromatic N) is 2. The van der Waals surface area contributed by atoms with Crippen molar-refractivity contribution in [3.8, 4) is 0 Å². The third-order valence-electron chi connectivity index (χ3n) is 4.59. The summed E-state index contributed by atoms with van der Waals surface area (Å²) in [6.07, 6.45) is 3.54. The highest BCUT2D eigenvalue weighted by molar-refractivity contribution is 8.18. The lowest BCUT2D eigenvalue weighted by molar-refractivity contribution is -0.127. The highest BCUT2D eigenvalue weighted by atomic mass is 35.5. The molecule has 0 saturated carbocycles. The van der Waals surface area contributed by atoms with Crippen LogP contribution in [0, 0.1) is 5.82 Å². The number of imide groups is 1. The lowest BCUT2D eigenvalue weighted by Crippen LogP contribution is -2.36. The average molecular weight is 444 g/mol. The summed E-state index contributed by atoms with van der Waals surface area (Å²) >= 11 is 6.48. The minimum atomic E-state index is -0.612. The van der Waals surface area contributed by atoms with E-state index in [0.29, 0.717) is 0 Å². The first-order valence-corrected chi connectivity index (χ1v) is 10.1. The second-order valence-electron chi connectivity index (χ2n) is 6.66. The Labute approximate surface area is 180 Å². The third-order valence-corrected chi connectivity index (χ3v) is 5.79. The van der Waals surface area contributed by atoms with Gasteiger partial charge in [0.05, 0.1) is 9.93 Å². The molecule has 3 aromatic rings. The smallest absolute Gasteiger partial charge is 0.294 e. The van der Waals surface area contributed by atoms with Gasteiger partial charge in [-0.3, -0.25) is 19.3 Å². The number of hydrogen-bond donors (Lipinski definition) is 1. The van der Waals surface area contributed by atoms with E-state index in [9.17, 15) is 18.8 Å². The molecule has 0 spiro atoms. The van der Waals surface area contributed by atoms with Gasteiger partial charge in [-0.25, -0.2) is 4.39 Å². The number of aromatic nitrogens is 1. The van der Waals surface area contributed by atoms with Crippen LogP contribution in [0.25, 0.3) is 17.0 Å². The van der Waals surface area contributed by atoms with Gasteiger partial charge in [0.2, 0.25) is 5.91 Å². The maximum atomic E-state index is 13.2. The van der Waals surface area contributed by atoms with Crippen molar-refractivity contribution in [1.29, 1.82) is 0 Å². The van der Waals surface area contributed by atoms with Crippen molar-refractivity contribution in [3.63, 3.8) is 0 Å². The molecule has 0 bridgehead atoms. The lowest BCUT2D eigenvalue weighted by atomic mass is 10.1. The fourth-order valence-electron chi connectivity index (χ4n) is 3.18. The number of halogens is 2. The Hall–Kier alpha value is -3.10. The van der Waals surface area contributed by atoms with Crippen molar-refractivity contribution in [2.45, 2.75) is 0 Å². The summed E-state index contributed by atoms with van der Waals surface area (Å²) in [5, 5.41) is 2.79. The van der Waals surface area contributed by atoms with E-state index in [4.69, 9.17) is 11.6 Å². The van der Waals surface area contributed by atoms with Crippen LogP contribution < -0.4 is 5.32 Å². The predicted molar refractivity (Wildman–Crippen MR) is 116 cm³/mol. The molecule has 6 nitrogen and oxygen atoms in total. The van der Waals surface area contributed by atoms with Gasteiger partial charge in [0.1, 0.15) is 12.4 Å². The van der Waals surface area contributed by atoms with Crippen molar-refractivity contribution in [2.24, 2.45) is 7.05 Å². The van der Waals surface area contributed by atoms with Gasteiger partial charge in [0.25, 0.3) is 11.1 Å². The van der Waals surface area contributed by atoms with Gasteiger partial charge in [-0.1, -0.05) is 29.8 Å². The van der Waals surface area contributed by atoms with E-state index >= 15 is 0 Å². The van der Waals surface area contributed by atoms with Gasteiger partial charge in [0.15, 0.2) is 0 Å². The topological polar surface area (TPSA) is 71.4 Å². The first-order chi connectivity index (χ1) is 14.3. The number of anilines is 1. The molecule has 0 aliphatic carbocycles. The Morgan fingerprint density at radius 2 is 2.00 bits per heavy atom. The molecular formula is C21H15ClFN3O3S. The minimum Gasteiger partial charge on any atom is -0.350 e. The van der Waals surface area contributed by atoms with Crippen molar-refractivity contribution in [1.82, 2.24) is 9.47 Å². The van der Waals surface area contributed by atoms with E-state index in [-0.39, 0.29) is 15.6 Å². The fourth-order valence-corrected chi connectivity index (χ4v) is 4.19. The van der Waals surface area contributed by atoms with Crippen LogP contribution >= 0.6 is 23.4 Å². The molecule has 0 radical (unpaired) electrons. The standard InChI is InChI=1S/C21H15ClFN3O3S/c1-25-10-12(14-4-2-3-5-17(14)25)8-18-20(28)26(21(29)30-18)11-19(27)24-13-6-7-16(23)15(22)9-13/h2-10H,11H2,1H3,(H,24,27)/b18-8+. The number of hydrogen-bond acceptors (Lipinski definition) is 4. The normalized spacial score (nSPS) is 15.4. The third kappa shape index (κ3) is 3.83. The molecule has 0 atom stereocenters. The van der Waals surface area contributed by atoms with Gasteiger partial charge in [-0.15, -0.1) is 0 Å². The highest BCUT2D eigenvalue weighted by Crippen LogP contribution is 2.34. The zero-order valence-electron chi connectivity index (χ0n) is 15.7. The summed E-state index contributed by atoms with van der Waals surface area (Å²) in [5.41, 5.74) is 2.08. The van der Waals surface area contributed by atoms with Crippen LogP contribution in [0.15, 0.2) is 53.6 Å². The summed E-state index contributed by atoms with van der Waals surface area (Å²) in [6.45, 7) is -0.452. The SMILES string of the molecule is Cn1cc(/C=C2/SC(=O)N(CC(=O)Nc3ccc(F)c(Cl)c3)C2=O)c2ccccc21. The van der Waals surface area contributed by atoms with E-state index < -0.39 is 29.4 Å². The molecule has 1 aliphatic heterocycles. The van der Waals surface area contributed by atoms with Crippen LogP contribution in [0.1, 0.15) is 5.56 Å². The van der Waals surface area contributed by atoms with Gasteiger partial charge in [-0.05, 0) is 42.1 Å². The van der Waals surface area contributed by atoms with Crippen LogP contribution in [-0.2, 0) is 16.6 Å². The molecule has 1 N–H and O–H groups in total. The number of nitrogens with one attached hydrogen (secondary N) is 1. The van der Waals surface area contributed by atoms with Gasteiger partial charge in [-0.2, -0.15) is 0 Å². The number of carbonyl (C=O) groups excluding carboxylic acids is 3. The summed E-state index contributed by atoms with van der Waals surface area (Å²) in [4.78, 5) is 38.4. The second kappa shape index (κ2) is 7.97. The number of para-hydroxylation sites is 1. The average Bonchev–Trinajstić information content (AvgIpc) is 3.16. The Balaban J connectivity index is 1.51. The lowest BCUT2D eigenvalue weighted by Gasteiger charge is -2.12. The zero-order valence-corrected chi connectivity index (χ0v) is 17.3. The molecule has 3 amide bonds. The quantitative estimate of drug-likeness (QED) is 0.596. The number of fused-ring (bicyclic) bond motifs is 1. The van der Waals surface area contributed by atoms with E-state index in [2.05, 4.69) is 5.32 Å². The molecule has 152 valence electrons. The van der Waals surface area contributed by atoms with Crippen molar-refractivity contribution < 1.29 is 18.8 Å². The Bertz CT molecular complexity index is 1240. The monoisotopic (exact) mass is 443 g/mol. The summed E-state index contributed by atoms with van der Waals surface area (Å²) in [5.74, 6) is -1.74. The second-order valence-corrected chi connectivity index (χ2v) is 8.06. The minimum absolute atomic E-state index is 0.142. The number of aryl methyl sites for hydroxylation is 1. The number of thioether (sulfide) groups is 1. The van der Waals surface area contributed by atoms with Crippen LogP contribution in [-0.4, -0.2) is 33.1 Å². The molecule has 2 heterocycles. The van der Waals surface area contributed by atoms with E-state index in [1.807, 2.05) is 42.1 Å². The van der Waals surface area contributed by atoms with Crippen molar-refractivity contribution >= 4 is 63.1 Å². The van der Waals surface area contributed by atoms with E-state index in [1.165, 1.54) is 12.1 Å². The van der Waals surface area contributed by atoms with Crippen LogP contribution in [0.4, 0.5) is 14.9 Å². The molecule has 0 unspecified atom stereocenters. The van der Waals surface area contributed by atoms with Crippen LogP contribution in [0.3, 0.4) is 0 Å². The summed E-state index contributed by atoms with van der Waals surface area (Å²) < 4.78 is 15.2. The first kappa shape index (κ1) is 20.2. The van der Waals surface area contributed by atoms with Gasteiger partial charge in [0, 0.05) is 35.4 Å². The first-order valence-electron chi connectivity index (χ1n) is 8.88. The number of rotatable bonds is 4. The zero-order chi connectivity index (χ0) is 21.4. The van der Waals surface area contributed by atoms with Crippen LogP contribution in [0.2, 0.25) is 5.02 Å². The highest BCUT2D eigenvalue weighted by Gasteiger charge is 2.36. The largest absolute Gasteiger partial charge is 0.350 e. The number of carbonyl (C=O) groups is 3. The number of amides is 3. The fraction of sp³-hybridized carbons (Fsp3) is 0.0952. The predicted octanol–water partition coefficient (Wildman–Crippen LogP) is 4.65. The van der Waals surface area contributed by atoms with Crippen LogP contribution in [0.5, 0.6) is 0 Å². The Morgan fingerprint density at radius 1 is 1.23 bits per heavy atom. The Morgan fingerprint density at radius 3 is 2.77 bits per heavy atom.